The molecular weight excluding hydrogens is 422 g/mol. The van der Waals surface area contributed by atoms with Gasteiger partial charge in [0.1, 0.15) is 9.71 Å². The lowest BCUT2D eigenvalue weighted by molar-refractivity contribution is 0.103. The number of nitrogen functional groups attached to an aromatic ring is 1. The molecular formula is C21H22BrN3OS. The first-order valence-electron chi connectivity index (χ1n) is 9.24. The van der Waals surface area contributed by atoms with Gasteiger partial charge in [0.05, 0.1) is 5.69 Å². The molecule has 0 fully saturated rings. The Morgan fingerprint density at radius 1 is 1.41 bits per heavy atom. The van der Waals surface area contributed by atoms with Crippen LogP contribution in [0.1, 0.15) is 46.3 Å². The quantitative estimate of drug-likeness (QED) is 0.543. The molecule has 0 saturated heterocycles. The first-order chi connectivity index (χ1) is 13.0. The molecule has 1 aromatic carbocycles. The van der Waals surface area contributed by atoms with E-state index in [1.54, 1.807) is 0 Å². The van der Waals surface area contributed by atoms with Crippen LogP contribution in [0.3, 0.4) is 0 Å². The number of nitrogens with zero attached hydrogens (tertiary/aromatic N) is 1. The molecule has 1 aliphatic rings. The number of aromatic nitrogens is 1. The number of fused-ring (bicyclic) bond motifs is 2. The summed E-state index contributed by atoms with van der Waals surface area (Å²) in [6, 6.07) is 7.90. The van der Waals surface area contributed by atoms with Crippen molar-refractivity contribution in [1.82, 2.24) is 4.98 Å². The first-order valence-corrected chi connectivity index (χ1v) is 10.9. The number of nitrogens with one attached hydrogen (secondary N) is 1. The van der Waals surface area contributed by atoms with Gasteiger partial charge in [-0.3, -0.25) is 4.79 Å². The fraction of sp³-hybridized carbons (Fsp3) is 0.333. The maximum atomic E-state index is 12.8. The summed E-state index contributed by atoms with van der Waals surface area (Å²) in [6.45, 7) is 4.23. The van der Waals surface area contributed by atoms with Crippen LogP contribution >= 0.6 is 27.3 Å². The van der Waals surface area contributed by atoms with Gasteiger partial charge in [0.2, 0.25) is 0 Å². The predicted molar refractivity (Wildman–Crippen MR) is 117 cm³/mol. The maximum absolute atomic E-state index is 12.8. The molecule has 0 aliphatic heterocycles. The van der Waals surface area contributed by atoms with E-state index in [0.717, 1.165) is 44.7 Å². The molecule has 27 heavy (non-hydrogen) atoms. The summed E-state index contributed by atoms with van der Waals surface area (Å²) in [5, 5.41) is 3.87. The number of hydrogen-bond acceptors (Lipinski definition) is 4. The van der Waals surface area contributed by atoms with E-state index < -0.39 is 0 Å². The van der Waals surface area contributed by atoms with Gasteiger partial charge in [0.15, 0.2) is 0 Å². The van der Waals surface area contributed by atoms with Crippen molar-refractivity contribution in [2.45, 2.75) is 39.5 Å². The van der Waals surface area contributed by atoms with Crippen molar-refractivity contribution < 1.29 is 4.79 Å². The van der Waals surface area contributed by atoms with Crippen LogP contribution in [0.5, 0.6) is 0 Å². The fourth-order valence-electron chi connectivity index (χ4n) is 3.69. The van der Waals surface area contributed by atoms with E-state index in [0.29, 0.717) is 10.6 Å². The van der Waals surface area contributed by atoms with Crippen molar-refractivity contribution in [3.05, 3.63) is 50.4 Å². The molecule has 0 spiro atoms. The molecule has 3 aromatic rings. The van der Waals surface area contributed by atoms with Gasteiger partial charge in [-0.05, 0) is 67.5 Å². The van der Waals surface area contributed by atoms with Crippen LogP contribution < -0.4 is 11.1 Å². The summed E-state index contributed by atoms with van der Waals surface area (Å²) in [4.78, 5) is 19.0. The molecule has 2 heterocycles. The van der Waals surface area contributed by atoms with Gasteiger partial charge in [0.25, 0.3) is 5.91 Å². The van der Waals surface area contributed by atoms with Crippen LogP contribution in [0.2, 0.25) is 0 Å². The lowest BCUT2D eigenvalue weighted by Gasteiger charge is -2.22. The minimum atomic E-state index is -0.179. The third-order valence-electron chi connectivity index (χ3n) is 5.39. The maximum Gasteiger partial charge on any atom is 0.267 e. The molecule has 1 amide bonds. The van der Waals surface area contributed by atoms with Gasteiger partial charge in [0, 0.05) is 21.2 Å². The number of aryl methyl sites for hydroxylation is 2. The standard InChI is InChI=1S/C21H22BrN3OS/c1-3-12-4-7-17-13(9-12)10-15-18(23)19(27-21(15)25-17)20(26)24-14-5-6-16(22)11(2)8-14/h5-6,8,10,12H,3-4,7,9,23H2,1-2H3,(H,24,26). The molecule has 1 unspecified atom stereocenters. The molecule has 140 valence electrons. The van der Waals surface area contributed by atoms with Crippen LogP contribution in [0.4, 0.5) is 11.4 Å². The van der Waals surface area contributed by atoms with Crippen molar-refractivity contribution in [1.29, 1.82) is 0 Å². The van der Waals surface area contributed by atoms with Crippen LogP contribution in [0.25, 0.3) is 10.2 Å². The summed E-state index contributed by atoms with van der Waals surface area (Å²) in [5.41, 5.74) is 11.2. The molecule has 0 radical (unpaired) electrons. The van der Waals surface area contributed by atoms with Gasteiger partial charge < -0.3 is 11.1 Å². The number of rotatable bonds is 3. The third kappa shape index (κ3) is 3.48. The summed E-state index contributed by atoms with van der Waals surface area (Å²) < 4.78 is 1.02. The Balaban J connectivity index is 1.66. The lowest BCUT2D eigenvalue weighted by Crippen LogP contribution is -2.14. The minimum absolute atomic E-state index is 0.179. The van der Waals surface area contributed by atoms with E-state index in [2.05, 4.69) is 34.2 Å². The average Bonchev–Trinajstić information content (AvgIpc) is 2.98. The van der Waals surface area contributed by atoms with Gasteiger partial charge in [-0.2, -0.15) is 0 Å². The number of pyridine rings is 1. The Kier molecular flexibility index (Phi) is 4.95. The molecule has 3 N–H and O–H groups in total. The number of amides is 1. The number of anilines is 2. The average molecular weight is 444 g/mol. The van der Waals surface area contributed by atoms with E-state index in [1.807, 2.05) is 25.1 Å². The Morgan fingerprint density at radius 3 is 2.96 bits per heavy atom. The van der Waals surface area contributed by atoms with Crippen molar-refractivity contribution >= 4 is 54.8 Å². The second-order valence-electron chi connectivity index (χ2n) is 7.23. The van der Waals surface area contributed by atoms with Crippen LogP contribution in [-0.2, 0) is 12.8 Å². The third-order valence-corrected chi connectivity index (χ3v) is 7.39. The SMILES string of the molecule is CCC1CCc2nc3sc(C(=O)Nc4ccc(Br)c(C)c4)c(N)c3cc2C1. The summed E-state index contributed by atoms with van der Waals surface area (Å²) in [6.07, 6.45) is 4.46. The summed E-state index contributed by atoms with van der Waals surface area (Å²) in [7, 11) is 0. The second kappa shape index (κ2) is 7.24. The lowest BCUT2D eigenvalue weighted by atomic mass is 9.85. The smallest absolute Gasteiger partial charge is 0.267 e. The number of thiophene rings is 1. The Bertz CT molecular complexity index is 1040. The fourth-order valence-corrected chi connectivity index (χ4v) is 4.93. The number of carbonyl (C=O) groups is 1. The molecule has 0 bridgehead atoms. The van der Waals surface area contributed by atoms with E-state index in [9.17, 15) is 4.79 Å². The first kappa shape index (κ1) is 18.4. The number of hydrogen-bond donors (Lipinski definition) is 2. The van der Waals surface area contributed by atoms with E-state index in [-0.39, 0.29) is 5.91 Å². The van der Waals surface area contributed by atoms with Crippen molar-refractivity contribution in [3.63, 3.8) is 0 Å². The highest BCUT2D eigenvalue weighted by Crippen LogP contribution is 2.37. The van der Waals surface area contributed by atoms with Crippen LogP contribution in [0.15, 0.2) is 28.7 Å². The van der Waals surface area contributed by atoms with Crippen LogP contribution in [0, 0.1) is 12.8 Å². The van der Waals surface area contributed by atoms with E-state index in [1.165, 1.54) is 35.4 Å². The number of halogens is 1. The highest BCUT2D eigenvalue weighted by molar-refractivity contribution is 9.10. The monoisotopic (exact) mass is 443 g/mol. The minimum Gasteiger partial charge on any atom is -0.397 e. The molecule has 1 atom stereocenters. The largest absolute Gasteiger partial charge is 0.397 e. The second-order valence-corrected chi connectivity index (χ2v) is 9.08. The highest BCUT2D eigenvalue weighted by Gasteiger charge is 2.23. The predicted octanol–water partition coefficient (Wildman–Crippen LogP) is 5.72. The molecule has 6 heteroatoms. The molecule has 1 aliphatic carbocycles. The van der Waals surface area contributed by atoms with Gasteiger partial charge in [-0.25, -0.2) is 4.98 Å². The zero-order valence-corrected chi connectivity index (χ0v) is 17.8. The number of nitrogens with two attached hydrogens (primary N) is 1. The van der Waals surface area contributed by atoms with Gasteiger partial charge in [-0.1, -0.05) is 29.3 Å². The topological polar surface area (TPSA) is 68.0 Å². The van der Waals surface area contributed by atoms with Crippen molar-refractivity contribution in [2.75, 3.05) is 11.1 Å². The zero-order valence-electron chi connectivity index (χ0n) is 15.4. The van der Waals surface area contributed by atoms with E-state index >= 15 is 0 Å². The summed E-state index contributed by atoms with van der Waals surface area (Å²) >= 11 is 4.86. The van der Waals surface area contributed by atoms with Gasteiger partial charge in [-0.15, -0.1) is 11.3 Å². The number of benzene rings is 1. The normalized spacial score (nSPS) is 16.3. The molecule has 2 aromatic heterocycles. The summed E-state index contributed by atoms with van der Waals surface area (Å²) in [5.74, 6) is 0.543. The Morgan fingerprint density at radius 2 is 2.22 bits per heavy atom. The molecule has 4 rings (SSSR count). The Hall–Kier alpha value is -1.92. The van der Waals surface area contributed by atoms with Crippen molar-refractivity contribution in [3.8, 4) is 0 Å². The van der Waals surface area contributed by atoms with Gasteiger partial charge >= 0.3 is 0 Å². The zero-order chi connectivity index (χ0) is 19.1. The number of carbonyl (C=O) groups excluding carboxylic acids is 1. The Labute approximate surface area is 171 Å². The highest BCUT2D eigenvalue weighted by atomic mass is 79.9. The molecule has 0 saturated carbocycles. The van der Waals surface area contributed by atoms with E-state index in [4.69, 9.17) is 10.7 Å². The van der Waals surface area contributed by atoms with Crippen molar-refractivity contribution in [2.24, 2.45) is 5.92 Å². The molecule has 4 nitrogen and oxygen atoms in total. The van der Waals surface area contributed by atoms with Crippen LogP contribution in [-0.4, -0.2) is 10.9 Å².